The second-order valence-electron chi connectivity index (χ2n) is 6.05. The molecule has 1 aliphatic rings. The molecule has 5 heteroatoms. The number of anilines is 1. The highest BCUT2D eigenvalue weighted by molar-refractivity contribution is 6.04. The number of carbonyl (C=O) groups excluding carboxylic acids is 1. The molecule has 1 saturated heterocycles. The number of ether oxygens (including phenoxy) is 3. The maximum Gasteiger partial charge on any atom is 0.255 e. The van der Waals surface area contributed by atoms with Gasteiger partial charge in [-0.2, -0.15) is 0 Å². The van der Waals surface area contributed by atoms with Crippen LogP contribution in [0.4, 0.5) is 5.69 Å². The summed E-state index contributed by atoms with van der Waals surface area (Å²) in [6, 6.07) is 14.3. The Hall–Kier alpha value is -2.79. The second kappa shape index (κ2) is 9.06. The smallest absolute Gasteiger partial charge is 0.255 e. The molecule has 5 nitrogen and oxygen atoms in total. The first-order chi connectivity index (χ1) is 12.7. The standard InChI is InChI=1S/C21H23NO4/c1-2-13-24-18-11-7-17(8-12-18)22-21(23)16-5-9-19(10-6-16)26-15-20-4-3-14-25-20/h2,5-12,20H,1,3-4,13-15H2,(H,22,23). The van der Waals surface area contributed by atoms with Crippen LogP contribution in [0.3, 0.4) is 0 Å². The van der Waals surface area contributed by atoms with E-state index in [1.807, 2.05) is 0 Å². The Morgan fingerprint density at radius 1 is 1.12 bits per heavy atom. The minimum Gasteiger partial charge on any atom is -0.491 e. The Morgan fingerprint density at radius 3 is 2.46 bits per heavy atom. The first-order valence-electron chi connectivity index (χ1n) is 8.74. The van der Waals surface area contributed by atoms with Gasteiger partial charge in [-0.15, -0.1) is 0 Å². The molecule has 1 N–H and O–H groups in total. The predicted molar refractivity (Wildman–Crippen MR) is 101 cm³/mol. The number of amides is 1. The van der Waals surface area contributed by atoms with Crippen molar-refractivity contribution >= 4 is 11.6 Å². The van der Waals surface area contributed by atoms with E-state index >= 15 is 0 Å². The first kappa shape index (κ1) is 18.0. The van der Waals surface area contributed by atoms with E-state index in [9.17, 15) is 4.79 Å². The zero-order valence-corrected chi connectivity index (χ0v) is 14.6. The average molecular weight is 353 g/mol. The van der Waals surface area contributed by atoms with Crippen molar-refractivity contribution in [1.82, 2.24) is 0 Å². The number of nitrogens with one attached hydrogen (secondary N) is 1. The third-order valence-corrected chi connectivity index (χ3v) is 4.06. The van der Waals surface area contributed by atoms with Crippen molar-refractivity contribution < 1.29 is 19.0 Å². The molecule has 0 aliphatic carbocycles. The number of hydrogen-bond acceptors (Lipinski definition) is 4. The molecule has 26 heavy (non-hydrogen) atoms. The molecule has 0 saturated carbocycles. The fraction of sp³-hybridized carbons (Fsp3) is 0.286. The highest BCUT2D eigenvalue weighted by Gasteiger charge is 2.16. The topological polar surface area (TPSA) is 56.8 Å². The van der Waals surface area contributed by atoms with Gasteiger partial charge in [0.15, 0.2) is 0 Å². The van der Waals surface area contributed by atoms with Crippen molar-refractivity contribution in [2.75, 3.05) is 25.1 Å². The summed E-state index contributed by atoms with van der Waals surface area (Å²) in [5.41, 5.74) is 1.28. The van der Waals surface area contributed by atoms with Crippen molar-refractivity contribution in [3.63, 3.8) is 0 Å². The van der Waals surface area contributed by atoms with E-state index in [4.69, 9.17) is 14.2 Å². The van der Waals surface area contributed by atoms with E-state index in [0.29, 0.717) is 24.5 Å². The fourth-order valence-electron chi connectivity index (χ4n) is 2.66. The predicted octanol–water partition coefficient (Wildman–Crippen LogP) is 4.06. The summed E-state index contributed by atoms with van der Waals surface area (Å²) in [6.07, 6.45) is 3.99. The summed E-state index contributed by atoms with van der Waals surface area (Å²) in [7, 11) is 0. The zero-order valence-electron chi connectivity index (χ0n) is 14.6. The van der Waals surface area contributed by atoms with Crippen LogP contribution in [0.5, 0.6) is 11.5 Å². The number of carbonyl (C=O) groups is 1. The van der Waals surface area contributed by atoms with Crippen LogP contribution in [0.25, 0.3) is 0 Å². The molecule has 2 aromatic rings. The Bertz CT molecular complexity index is 719. The van der Waals surface area contributed by atoms with Crippen LogP contribution in [-0.4, -0.2) is 31.8 Å². The Morgan fingerprint density at radius 2 is 1.81 bits per heavy atom. The maximum absolute atomic E-state index is 12.3. The van der Waals surface area contributed by atoms with Gasteiger partial charge in [0.05, 0.1) is 6.10 Å². The van der Waals surface area contributed by atoms with Gasteiger partial charge in [0.2, 0.25) is 0 Å². The van der Waals surface area contributed by atoms with Gasteiger partial charge in [0, 0.05) is 17.9 Å². The Kier molecular flexibility index (Phi) is 6.28. The van der Waals surface area contributed by atoms with Crippen LogP contribution >= 0.6 is 0 Å². The van der Waals surface area contributed by atoms with E-state index in [0.717, 1.165) is 30.9 Å². The van der Waals surface area contributed by atoms with Crippen molar-refractivity contribution in [3.05, 3.63) is 66.7 Å². The third-order valence-electron chi connectivity index (χ3n) is 4.06. The molecule has 1 fully saturated rings. The fourth-order valence-corrected chi connectivity index (χ4v) is 2.66. The molecule has 2 aromatic carbocycles. The minimum absolute atomic E-state index is 0.171. The van der Waals surface area contributed by atoms with E-state index in [2.05, 4.69) is 11.9 Å². The van der Waals surface area contributed by atoms with Gasteiger partial charge in [0.25, 0.3) is 5.91 Å². The van der Waals surface area contributed by atoms with E-state index in [-0.39, 0.29) is 12.0 Å². The van der Waals surface area contributed by atoms with Crippen molar-refractivity contribution in [2.24, 2.45) is 0 Å². The largest absolute Gasteiger partial charge is 0.491 e. The molecule has 0 aromatic heterocycles. The van der Waals surface area contributed by atoms with E-state index in [1.165, 1.54) is 0 Å². The number of hydrogen-bond donors (Lipinski definition) is 1. The van der Waals surface area contributed by atoms with E-state index < -0.39 is 0 Å². The van der Waals surface area contributed by atoms with Crippen LogP contribution in [0.1, 0.15) is 23.2 Å². The van der Waals surface area contributed by atoms with Crippen LogP contribution in [0.15, 0.2) is 61.2 Å². The average Bonchev–Trinajstić information content (AvgIpc) is 3.20. The lowest BCUT2D eigenvalue weighted by molar-refractivity contribution is 0.0679. The highest BCUT2D eigenvalue weighted by atomic mass is 16.5. The SMILES string of the molecule is C=CCOc1ccc(NC(=O)c2ccc(OCC3CCCO3)cc2)cc1. The summed E-state index contributed by atoms with van der Waals surface area (Å²) < 4.78 is 16.7. The molecule has 3 rings (SSSR count). The lowest BCUT2D eigenvalue weighted by atomic mass is 10.2. The Labute approximate surface area is 153 Å². The lowest BCUT2D eigenvalue weighted by Crippen LogP contribution is -2.16. The number of benzene rings is 2. The normalized spacial score (nSPS) is 16.1. The summed E-state index contributed by atoms with van der Waals surface area (Å²) in [4.78, 5) is 12.3. The molecule has 1 aliphatic heterocycles. The van der Waals surface area contributed by atoms with Gasteiger partial charge in [-0.05, 0) is 61.4 Å². The number of rotatable bonds is 8. The van der Waals surface area contributed by atoms with Crippen LogP contribution in [0.2, 0.25) is 0 Å². The summed E-state index contributed by atoms with van der Waals surface area (Å²) in [6.45, 7) is 5.42. The van der Waals surface area contributed by atoms with Crippen molar-refractivity contribution in [1.29, 1.82) is 0 Å². The van der Waals surface area contributed by atoms with Crippen molar-refractivity contribution in [2.45, 2.75) is 18.9 Å². The van der Waals surface area contributed by atoms with E-state index in [1.54, 1.807) is 54.6 Å². The highest BCUT2D eigenvalue weighted by Crippen LogP contribution is 2.19. The van der Waals surface area contributed by atoms with Gasteiger partial charge in [-0.1, -0.05) is 12.7 Å². The molecule has 0 spiro atoms. The minimum atomic E-state index is -0.171. The molecular formula is C21H23NO4. The quantitative estimate of drug-likeness (QED) is 0.727. The van der Waals surface area contributed by atoms with Crippen LogP contribution in [0, 0.1) is 0 Å². The molecule has 1 atom stereocenters. The third kappa shape index (κ3) is 5.10. The van der Waals surface area contributed by atoms with Crippen LogP contribution in [-0.2, 0) is 4.74 Å². The van der Waals surface area contributed by atoms with Crippen LogP contribution < -0.4 is 14.8 Å². The van der Waals surface area contributed by atoms with Gasteiger partial charge in [0.1, 0.15) is 24.7 Å². The molecule has 136 valence electrons. The first-order valence-corrected chi connectivity index (χ1v) is 8.74. The molecule has 1 amide bonds. The summed E-state index contributed by atoms with van der Waals surface area (Å²) in [5.74, 6) is 1.30. The van der Waals surface area contributed by atoms with Crippen molar-refractivity contribution in [3.8, 4) is 11.5 Å². The van der Waals surface area contributed by atoms with Gasteiger partial charge in [-0.3, -0.25) is 4.79 Å². The van der Waals surface area contributed by atoms with Gasteiger partial charge < -0.3 is 19.5 Å². The Balaban J connectivity index is 1.51. The monoisotopic (exact) mass is 353 g/mol. The molecule has 1 unspecified atom stereocenters. The van der Waals surface area contributed by atoms with Gasteiger partial charge in [-0.25, -0.2) is 0 Å². The molecule has 0 bridgehead atoms. The maximum atomic E-state index is 12.3. The second-order valence-corrected chi connectivity index (χ2v) is 6.05. The summed E-state index contributed by atoms with van der Waals surface area (Å²) in [5, 5.41) is 2.86. The van der Waals surface area contributed by atoms with Gasteiger partial charge >= 0.3 is 0 Å². The zero-order chi connectivity index (χ0) is 18.2. The molecule has 1 heterocycles. The summed E-state index contributed by atoms with van der Waals surface area (Å²) >= 11 is 0. The molecular weight excluding hydrogens is 330 g/mol. The molecule has 0 radical (unpaired) electrons. The lowest BCUT2D eigenvalue weighted by Gasteiger charge is -2.12.